The van der Waals surface area contributed by atoms with E-state index in [1.807, 2.05) is 19.1 Å². The molecule has 6 nitrogen and oxygen atoms in total. The first-order valence-electron chi connectivity index (χ1n) is 8.29. The second-order valence-corrected chi connectivity index (χ2v) is 7.64. The lowest BCUT2D eigenvalue weighted by Crippen LogP contribution is -2.11. The smallest absolute Gasteiger partial charge is 0.387 e. The highest BCUT2D eigenvalue weighted by Gasteiger charge is 2.19. The second kappa shape index (κ2) is 7.88. The molecule has 1 amide bonds. The Morgan fingerprint density at radius 1 is 1.24 bits per heavy atom. The van der Waals surface area contributed by atoms with Crippen molar-refractivity contribution < 1.29 is 22.7 Å². The first kappa shape index (κ1) is 19.5. The molecule has 0 saturated heterocycles. The van der Waals surface area contributed by atoms with E-state index in [0.29, 0.717) is 22.1 Å². The van der Waals surface area contributed by atoms with E-state index in [1.54, 1.807) is 18.2 Å². The van der Waals surface area contributed by atoms with Gasteiger partial charge in [-0.2, -0.15) is 18.1 Å². The molecule has 4 aromatic rings. The SMILES string of the molecule is Cc1c(C(=O)Nc2nc(-c3ccc(OC(F)F)cc3)ns2)oc2ccc(Br)cc12. The summed E-state index contributed by atoms with van der Waals surface area (Å²) in [5, 5.41) is 3.81. The highest BCUT2D eigenvalue weighted by Crippen LogP contribution is 2.29. The molecule has 0 saturated carbocycles. The lowest BCUT2D eigenvalue weighted by molar-refractivity contribution is -0.0498. The first-order valence-corrected chi connectivity index (χ1v) is 9.86. The fraction of sp³-hybridized carbons (Fsp3) is 0.105. The van der Waals surface area contributed by atoms with Gasteiger partial charge >= 0.3 is 6.61 Å². The van der Waals surface area contributed by atoms with Gasteiger partial charge in [0.2, 0.25) is 5.13 Å². The van der Waals surface area contributed by atoms with Crippen molar-refractivity contribution >= 4 is 49.5 Å². The van der Waals surface area contributed by atoms with Crippen LogP contribution in [0.2, 0.25) is 0 Å². The third-order valence-electron chi connectivity index (χ3n) is 4.09. The van der Waals surface area contributed by atoms with Crippen LogP contribution in [-0.2, 0) is 0 Å². The highest BCUT2D eigenvalue weighted by molar-refractivity contribution is 9.10. The molecule has 2 heterocycles. The van der Waals surface area contributed by atoms with Crippen molar-refractivity contribution in [3.05, 3.63) is 58.3 Å². The molecular weight excluding hydrogens is 468 g/mol. The molecule has 148 valence electrons. The van der Waals surface area contributed by atoms with E-state index in [-0.39, 0.29) is 11.5 Å². The molecule has 0 atom stereocenters. The average molecular weight is 480 g/mol. The summed E-state index contributed by atoms with van der Waals surface area (Å²) in [6.45, 7) is -1.08. The number of carbonyl (C=O) groups excluding carboxylic acids is 1. The van der Waals surface area contributed by atoms with E-state index in [1.165, 1.54) is 12.1 Å². The van der Waals surface area contributed by atoms with Gasteiger partial charge in [0.1, 0.15) is 11.3 Å². The Bertz CT molecular complexity index is 1190. The normalized spacial score (nSPS) is 11.2. The van der Waals surface area contributed by atoms with Crippen molar-refractivity contribution in [1.82, 2.24) is 9.36 Å². The molecule has 0 radical (unpaired) electrons. The van der Waals surface area contributed by atoms with Crippen molar-refractivity contribution in [2.45, 2.75) is 13.5 Å². The summed E-state index contributed by atoms with van der Waals surface area (Å²) in [6.07, 6.45) is 0. The Labute approximate surface area is 175 Å². The van der Waals surface area contributed by atoms with Crippen molar-refractivity contribution in [3.8, 4) is 17.1 Å². The van der Waals surface area contributed by atoms with Gasteiger partial charge in [0.15, 0.2) is 11.6 Å². The van der Waals surface area contributed by atoms with Gasteiger partial charge in [-0.15, -0.1) is 0 Å². The number of nitrogens with one attached hydrogen (secondary N) is 1. The minimum absolute atomic E-state index is 0.0412. The molecule has 2 aromatic carbocycles. The van der Waals surface area contributed by atoms with Crippen LogP contribution >= 0.6 is 27.5 Å². The molecule has 1 N–H and O–H groups in total. The number of alkyl halides is 2. The largest absolute Gasteiger partial charge is 0.451 e. The summed E-state index contributed by atoms with van der Waals surface area (Å²) in [4.78, 5) is 16.9. The number of anilines is 1. The van der Waals surface area contributed by atoms with Crippen LogP contribution in [0, 0.1) is 6.92 Å². The van der Waals surface area contributed by atoms with Crippen LogP contribution in [0.1, 0.15) is 16.1 Å². The van der Waals surface area contributed by atoms with Crippen LogP contribution in [0.5, 0.6) is 5.75 Å². The molecule has 2 aromatic heterocycles. The number of aromatic nitrogens is 2. The van der Waals surface area contributed by atoms with Gasteiger partial charge in [-0.25, -0.2) is 0 Å². The summed E-state index contributed by atoms with van der Waals surface area (Å²) >= 11 is 4.41. The number of furan rings is 1. The molecule has 0 bridgehead atoms. The van der Waals surface area contributed by atoms with Gasteiger partial charge in [-0.3, -0.25) is 10.1 Å². The Kier molecular flexibility index (Phi) is 5.29. The molecule has 0 unspecified atom stereocenters. The molecule has 0 fully saturated rings. The van der Waals surface area contributed by atoms with Gasteiger partial charge < -0.3 is 9.15 Å². The van der Waals surface area contributed by atoms with Crippen molar-refractivity contribution in [2.75, 3.05) is 5.32 Å². The van der Waals surface area contributed by atoms with Gasteiger partial charge in [0.05, 0.1) is 0 Å². The van der Waals surface area contributed by atoms with E-state index < -0.39 is 12.5 Å². The summed E-state index contributed by atoms with van der Waals surface area (Å²) in [6, 6.07) is 11.4. The number of aryl methyl sites for hydroxylation is 1. The fourth-order valence-electron chi connectivity index (χ4n) is 2.74. The predicted molar refractivity (Wildman–Crippen MR) is 109 cm³/mol. The van der Waals surface area contributed by atoms with E-state index in [4.69, 9.17) is 4.42 Å². The quantitative estimate of drug-likeness (QED) is 0.386. The van der Waals surface area contributed by atoms with Gasteiger partial charge in [0, 0.05) is 32.5 Å². The third kappa shape index (κ3) is 4.13. The van der Waals surface area contributed by atoms with E-state index in [0.717, 1.165) is 27.0 Å². The number of hydrogen-bond acceptors (Lipinski definition) is 6. The molecular formula is C19H12BrF2N3O3S. The number of benzene rings is 2. The number of carbonyl (C=O) groups is 1. The lowest BCUT2D eigenvalue weighted by Gasteiger charge is -2.04. The van der Waals surface area contributed by atoms with E-state index in [9.17, 15) is 13.6 Å². The molecule has 29 heavy (non-hydrogen) atoms. The number of fused-ring (bicyclic) bond motifs is 1. The number of ether oxygens (including phenoxy) is 1. The second-order valence-electron chi connectivity index (χ2n) is 5.98. The summed E-state index contributed by atoms with van der Waals surface area (Å²) in [5.41, 5.74) is 1.94. The Balaban J connectivity index is 1.52. The maximum Gasteiger partial charge on any atom is 0.387 e. The number of nitrogens with zero attached hydrogens (tertiary/aromatic N) is 2. The van der Waals surface area contributed by atoms with Crippen molar-refractivity contribution in [2.24, 2.45) is 0 Å². The molecule has 0 aliphatic carbocycles. The highest BCUT2D eigenvalue weighted by atomic mass is 79.9. The predicted octanol–water partition coefficient (Wildman–Crippen LogP) is 5.88. The van der Waals surface area contributed by atoms with Crippen molar-refractivity contribution in [1.29, 1.82) is 0 Å². The van der Waals surface area contributed by atoms with Crippen LogP contribution < -0.4 is 10.1 Å². The van der Waals surface area contributed by atoms with Gasteiger partial charge in [-0.1, -0.05) is 15.9 Å². The third-order valence-corrected chi connectivity index (χ3v) is 5.21. The van der Waals surface area contributed by atoms with Crippen molar-refractivity contribution in [3.63, 3.8) is 0 Å². The lowest BCUT2D eigenvalue weighted by atomic mass is 10.1. The monoisotopic (exact) mass is 479 g/mol. The summed E-state index contributed by atoms with van der Waals surface area (Å²) in [7, 11) is 0. The first-order chi connectivity index (χ1) is 13.9. The van der Waals surface area contributed by atoms with Crippen LogP contribution in [0.15, 0.2) is 51.4 Å². The minimum Gasteiger partial charge on any atom is -0.451 e. The molecule has 0 spiro atoms. The minimum atomic E-state index is -2.89. The van der Waals surface area contributed by atoms with E-state index >= 15 is 0 Å². The average Bonchev–Trinajstić information content (AvgIpc) is 3.27. The van der Waals surface area contributed by atoms with Crippen LogP contribution in [-0.4, -0.2) is 21.9 Å². The maximum atomic E-state index is 12.6. The zero-order valence-electron chi connectivity index (χ0n) is 14.8. The Morgan fingerprint density at radius 2 is 2.00 bits per heavy atom. The Morgan fingerprint density at radius 3 is 2.72 bits per heavy atom. The van der Waals surface area contributed by atoms with Gasteiger partial charge in [0.25, 0.3) is 5.91 Å². The molecule has 0 aliphatic heterocycles. The topological polar surface area (TPSA) is 77.2 Å². The number of amides is 1. The number of halogens is 3. The molecule has 10 heteroatoms. The maximum absolute atomic E-state index is 12.6. The van der Waals surface area contributed by atoms with Crippen LogP contribution in [0.25, 0.3) is 22.4 Å². The fourth-order valence-corrected chi connectivity index (χ4v) is 3.69. The standard InChI is InChI=1S/C19H12BrF2N3O3S/c1-9-13-8-11(20)4-7-14(13)28-15(9)17(26)24-19-23-16(25-29-19)10-2-5-12(6-3-10)27-18(21)22/h2-8,18H,1H3,(H,23,24,25,26). The van der Waals surface area contributed by atoms with Crippen LogP contribution in [0.4, 0.5) is 13.9 Å². The zero-order chi connectivity index (χ0) is 20.5. The summed E-state index contributed by atoms with van der Waals surface area (Å²) in [5.74, 6) is 0.167. The summed E-state index contributed by atoms with van der Waals surface area (Å²) < 4.78 is 39.5. The molecule has 4 rings (SSSR count). The number of hydrogen-bond donors (Lipinski definition) is 1. The zero-order valence-corrected chi connectivity index (χ0v) is 17.2. The molecule has 0 aliphatic rings. The van der Waals surface area contributed by atoms with Gasteiger partial charge in [-0.05, 0) is 49.4 Å². The Hall–Kier alpha value is -2.85. The van der Waals surface area contributed by atoms with Crippen LogP contribution in [0.3, 0.4) is 0 Å². The number of rotatable bonds is 5. The van der Waals surface area contributed by atoms with E-state index in [2.05, 4.69) is 35.3 Å².